The molecule has 0 saturated heterocycles. The third-order valence-electron chi connectivity index (χ3n) is 5.76. The first-order valence-corrected chi connectivity index (χ1v) is 10.5. The van der Waals surface area contributed by atoms with E-state index in [0.29, 0.717) is 0 Å². The predicted molar refractivity (Wildman–Crippen MR) is 121 cm³/mol. The molecule has 1 aliphatic rings. The van der Waals surface area contributed by atoms with Crippen molar-refractivity contribution in [2.75, 3.05) is 0 Å². The van der Waals surface area contributed by atoms with Crippen LogP contribution < -0.4 is 10.6 Å². The van der Waals surface area contributed by atoms with Crippen LogP contribution in [0.4, 0.5) is 0 Å². The third-order valence-corrected chi connectivity index (χ3v) is 5.76. The van der Waals surface area contributed by atoms with Crippen LogP contribution in [0.5, 0.6) is 0 Å². The van der Waals surface area contributed by atoms with Gasteiger partial charge in [0.1, 0.15) is 12.1 Å². The Morgan fingerprint density at radius 3 is 1.88 bits per heavy atom. The molecule has 0 saturated carbocycles. The molecular weight excluding hydrogens is 404 g/mol. The Morgan fingerprint density at radius 2 is 1.34 bits per heavy atom. The molecule has 3 aromatic rings. The molecular formula is C26H24N2O4. The molecule has 0 spiro atoms. The smallest absolute Gasteiger partial charge is 0.327 e. The van der Waals surface area contributed by atoms with E-state index >= 15 is 0 Å². The van der Waals surface area contributed by atoms with Crippen molar-refractivity contribution >= 4 is 17.8 Å². The van der Waals surface area contributed by atoms with Gasteiger partial charge in [-0.15, -0.1) is 0 Å². The summed E-state index contributed by atoms with van der Waals surface area (Å²) in [4.78, 5) is 37.3. The number of benzene rings is 3. The van der Waals surface area contributed by atoms with Crippen LogP contribution in [0.2, 0.25) is 0 Å². The van der Waals surface area contributed by atoms with Crippen molar-refractivity contribution in [3.63, 3.8) is 0 Å². The van der Waals surface area contributed by atoms with E-state index in [1.165, 1.54) is 6.92 Å². The molecule has 32 heavy (non-hydrogen) atoms. The summed E-state index contributed by atoms with van der Waals surface area (Å²) in [6, 6.07) is 22.5. The number of rotatable bonds is 7. The number of carboxylic acid groups (broad SMARTS) is 1. The molecule has 0 bridgehead atoms. The monoisotopic (exact) mass is 428 g/mol. The Bertz CT molecular complexity index is 1110. The fourth-order valence-corrected chi connectivity index (χ4v) is 4.40. The van der Waals surface area contributed by atoms with Crippen molar-refractivity contribution in [1.29, 1.82) is 0 Å². The lowest BCUT2D eigenvalue weighted by molar-refractivity contribution is -0.142. The number of aliphatic carboxylic acids is 1. The molecule has 2 amide bonds. The quantitative estimate of drug-likeness (QED) is 0.539. The minimum absolute atomic E-state index is 0.260. The van der Waals surface area contributed by atoms with Crippen molar-refractivity contribution < 1.29 is 19.5 Å². The first kappa shape index (κ1) is 21.3. The van der Waals surface area contributed by atoms with Crippen LogP contribution in [0.1, 0.15) is 29.5 Å². The zero-order valence-corrected chi connectivity index (χ0v) is 17.6. The second-order valence-electron chi connectivity index (χ2n) is 7.92. The van der Waals surface area contributed by atoms with Gasteiger partial charge in [-0.05, 0) is 27.8 Å². The van der Waals surface area contributed by atoms with Gasteiger partial charge >= 0.3 is 5.97 Å². The number of fused-ring (bicyclic) bond motifs is 3. The van der Waals surface area contributed by atoms with Gasteiger partial charge in [-0.1, -0.05) is 78.9 Å². The van der Waals surface area contributed by atoms with E-state index in [0.717, 1.165) is 27.8 Å². The van der Waals surface area contributed by atoms with Crippen molar-refractivity contribution in [1.82, 2.24) is 10.6 Å². The molecule has 6 heteroatoms. The number of carbonyl (C=O) groups excluding carboxylic acids is 2. The van der Waals surface area contributed by atoms with Crippen molar-refractivity contribution in [2.45, 2.75) is 31.3 Å². The predicted octanol–water partition coefficient (Wildman–Crippen LogP) is 3.12. The minimum Gasteiger partial charge on any atom is -0.480 e. The highest BCUT2D eigenvalue weighted by Crippen LogP contribution is 2.46. The van der Waals surface area contributed by atoms with Gasteiger partial charge in [0.15, 0.2) is 0 Å². The van der Waals surface area contributed by atoms with Gasteiger partial charge in [0.2, 0.25) is 11.8 Å². The van der Waals surface area contributed by atoms with Gasteiger partial charge in [0, 0.05) is 19.3 Å². The van der Waals surface area contributed by atoms with Gasteiger partial charge in [0.25, 0.3) is 0 Å². The van der Waals surface area contributed by atoms with Gasteiger partial charge in [-0.3, -0.25) is 9.59 Å². The van der Waals surface area contributed by atoms with E-state index in [1.807, 2.05) is 78.9 Å². The van der Waals surface area contributed by atoms with E-state index in [2.05, 4.69) is 10.6 Å². The summed E-state index contributed by atoms with van der Waals surface area (Å²) >= 11 is 0. The number of amides is 2. The van der Waals surface area contributed by atoms with Crippen LogP contribution in [0, 0.1) is 0 Å². The fraction of sp³-hybridized carbons (Fsp3) is 0.192. The summed E-state index contributed by atoms with van der Waals surface area (Å²) in [5.41, 5.74) is 4.53. The van der Waals surface area contributed by atoms with Gasteiger partial charge in [-0.2, -0.15) is 0 Å². The molecule has 2 atom stereocenters. The number of carboxylic acids is 1. The van der Waals surface area contributed by atoms with Crippen LogP contribution in [0.15, 0.2) is 78.9 Å². The maximum atomic E-state index is 13.2. The Hall–Kier alpha value is -3.93. The zero-order valence-electron chi connectivity index (χ0n) is 17.6. The average molecular weight is 428 g/mol. The zero-order chi connectivity index (χ0) is 22.7. The van der Waals surface area contributed by atoms with E-state index in [9.17, 15) is 19.5 Å². The second-order valence-corrected chi connectivity index (χ2v) is 7.92. The van der Waals surface area contributed by atoms with Crippen molar-refractivity contribution in [3.05, 3.63) is 95.6 Å². The Morgan fingerprint density at radius 1 is 0.812 bits per heavy atom. The number of carbonyl (C=O) groups is 3. The molecule has 0 heterocycles. The lowest BCUT2D eigenvalue weighted by Gasteiger charge is -2.26. The summed E-state index contributed by atoms with van der Waals surface area (Å²) in [6.07, 6.45) is 0.260. The van der Waals surface area contributed by atoms with Gasteiger partial charge in [-0.25, -0.2) is 4.79 Å². The summed E-state index contributed by atoms with van der Waals surface area (Å²) in [5.74, 6) is -2.54. The maximum Gasteiger partial charge on any atom is 0.327 e. The normalized spacial score (nSPS) is 14.0. The van der Waals surface area contributed by atoms with Crippen LogP contribution in [-0.4, -0.2) is 35.0 Å². The molecule has 0 aliphatic heterocycles. The lowest BCUT2D eigenvalue weighted by Crippen LogP contribution is -2.53. The Kier molecular flexibility index (Phi) is 6.03. The van der Waals surface area contributed by atoms with Crippen LogP contribution in [-0.2, 0) is 20.8 Å². The topological polar surface area (TPSA) is 95.5 Å². The summed E-state index contributed by atoms with van der Waals surface area (Å²) in [6.45, 7) is 1.34. The summed E-state index contributed by atoms with van der Waals surface area (Å²) in [5, 5.41) is 15.5. The van der Waals surface area contributed by atoms with E-state index < -0.39 is 29.9 Å². The fourth-order valence-electron chi connectivity index (χ4n) is 4.40. The maximum absolute atomic E-state index is 13.2. The summed E-state index contributed by atoms with van der Waals surface area (Å²) in [7, 11) is 0. The van der Waals surface area contributed by atoms with Gasteiger partial charge in [0.05, 0.1) is 0 Å². The highest BCUT2D eigenvalue weighted by Gasteiger charge is 2.39. The molecule has 0 unspecified atom stereocenters. The lowest BCUT2D eigenvalue weighted by atomic mass is 9.89. The molecule has 6 nitrogen and oxygen atoms in total. The molecule has 4 rings (SSSR count). The highest BCUT2D eigenvalue weighted by molar-refractivity contribution is 5.92. The second kappa shape index (κ2) is 9.06. The third kappa shape index (κ3) is 4.25. The van der Waals surface area contributed by atoms with Crippen molar-refractivity contribution in [2.24, 2.45) is 0 Å². The molecule has 1 aliphatic carbocycles. The number of hydrogen-bond donors (Lipinski definition) is 3. The van der Waals surface area contributed by atoms with Gasteiger partial charge < -0.3 is 15.7 Å². The Balaban J connectivity index is 1.65. The van der Waals surface area contributed by atoms with Crippen molar-refractivity contribution in [3.8, 4) is 11.1 Å². The molecule has 3 N–H and O–H groups in total. The first-order valence-electron chi connectivity index (χ1n) is 10.5. The highest BCUT2D eigenvalue weighted by atomic mass is 16.4. The van der Waals surface area contributed by atoms with E-state index in [1.54, 1.807) is 0 Å². The Labute approximate surface area is 186 Å². The van der Waals surface area contributed by atoms with Crippen LogP contribution >= 0.6 is 0 Å². The van der Waals surface area contributed by atoms with Crippen LogP contribution in [0.25, 0.3) is 11.1 Å². The molecule has 0 radical (unpaired) electrons. The largest absolute Gasteiger partial charge is 0.480 e. The first-order chi connectivity index (χ1) is 15.5. The molecule has 162 valence electrons. The number of nitrogens with one attached hydrogen (secondary N) is 2. The minimum atomic E-state index is -1.18. The SMILES string of the molecule is CC(=O)N[C@H](Cc1ccccc1)C(=O)N[C@@H](C(=O)O)C1c2ccccc2-c2ccccc21. The average Bonchev–Trinajstić information content (AvgIpc) is 3.11. The van der Waals surface area contributed by atoms with E-state index in [4.69, 9.17) is 0 Å². The molecule has 3 aromatic carbocycles. The standard InChI is InChI=1S/C26H24N2O4/c1-16(29)27-22(15-17-9-3-2-4-10-17)25(30)28-24(26(31)32)23-20-13-7-5-11-18(20)19-12-6-8-14-21(19)23/h2-14,22-24H,15H2,1H3,(H,27,29)(H,28,30)(H,31,32)/t22-,24-/m1/s1. The molecule has 0 fully saturated rings. The van der Waals surface area contributed by atoms with E-state index in [-0.39, 0.29) is 12.3 Å². The summed E-state index contributed by atoms with van der Waals surface area (Å²) < 4.78 is 0. The number of hydrogen-bond acceptors (Lipinski definition) is 3. The van der Waals surface area contributed by atoms with Crippen LogP contribution in [0.3, 0.4) is 0 Å². The molecule has 0 aromatic heterocycles.